The zero-order chi connectivity index (χ0) is 22.2. The van der Waals surface area contributed by atoms with Crippen LogP contribution in [0.2, 0.25) is 0 Å². The van der Waals surface area contributed by atoms with Gasteiger partial charge in [-0.3, -0.25) is 0 Å². The quantitative estimate of drug-likeness (QED) is 0.218. The molecule has 1 aliphatic carbocycles. The molecule has 2 atom stereocenters. The molecule has 0 amide bonds. The van der Waals surface area contributed by atoms with Gasteiger partial charge in [-0.15, -0.1) is 0 Å². The lowest BCUT2D eigenvalue weighted by molar-refractivity contribution is -0.0713. The van der Waals surface area contributed by atoms with Crippen LogP contribution in [0.3, 0.4) is 0 Å². The Hall–Kier alpha value is -1.46. The fraction of sp³-hybridized carbons (Fsp3) is 0.917. The maximum atomic E-state index is 12.0. The largest absolute Gasteiger partial charge is 0.508 e. The van der Waals surface area contributed by atoms with Gasteiger partial charge in [0.2, 0.25) is 0 Å². The lowest BCUT2D eigenvalue weighted by Gasteiger charge is -2.29. The van der Waals surface area contributed by atoms with Crippen molar-refractivity contribution in [2.45, 2.75) is 117 Å². The highest BCUT2D eigenvalue weighted by atomic mass is 16.8. The van der Waals surface area contributed by atoms with Crippen molar-refractivity contribution in [3.05, 3.63) is 0 Å². The number of ether oxygens (including phenoxy) is 4. The van der Waals surface area contributed by atoms with Gasteiger partial charge in [-0.25, -0.2) is 9.59 Å². The first-order valence-electron chi connectivity index (χ1n) is 12.0. The van der Waals surface area contributed by atoms with Crippen LogP contribution in [0.1, 0.15) is 105 Å². The molecule has 0 spiro atoms. The number of hydrogen-bond donors (Lipinski definition) is 0. The van der Waals surface area contributed by atoms with Crippen LogP contribution in [0, 0.1) is 11.8 Å². The van der Waals surface area contributed by atoms with Gasteiger partial charge in [-0.2, -0.15) is 0 Å². The normalized spacial score (nSPS) is 19.0. The maximum absolute atomic E-state index is 12.0. The van der Waals surface area contributed by atoms with E-state index in [-0.39, 0.29) is 0 Å². The monoisotopic (exact) mass is 428 g/mol. The third kappa shape index (κ3) is 13.7. The molecule has 0 bridgehead atoms. The van der Waals surface area contributed by atoms with E-state index in [1.54, 1.807) is 0 Å². The van der Waals surface area contributed by atoms with Gasteiger partial charge in [-0.05, 0) is 56.8 Å². The van der Waals surface area contributed by atoms with Crippen LogP contribution in [-0.2, 0) is 18.9 Å². The van der Waals surface area contributed by atoms with Crippen LogP contribution in [0.4, 0.5) is 9.59 Å². The predicted octanol–water partition coefficient (Wildman–Crippen LogP) is 7.04. The van der Waals surface area contributed by atoms with E-state index < -0.39 is 24.5 Å². The van der Waals surface area contributed by atoms with Crippen molar-refractivity contribution < 1.29 is 28.5 Å². The molecule has 0 aromatic heterocycles. The predicted molar refractivity (Wildman–Crippen MR) is 118 cm³/mol. The van der Waals surface area contributed by atoms with Gasteiger partial charge in [0.05, 0.1) is 13.2 Å². The SMILES string of the molecule is CC(C)CCCCCCCOC(=O)OC1CCCCC1OC(=O)OCCCC(C)C. The molecule has 1 fully saturated rings. The second kappa shape index (κ2) is 16.3. The minimum atomic E-state index is -0.676. The van der Waals surface area contributed by atoms with Crippen molar-refractivity contribution in [1.29, 1.82) is 0 Å². The summed E-state index contributed by atoms with van der Waals surface area (Å²) in [6.45, 7) is 9.50. The molecule has 0 aromatic carbocycles. The van der Waals surface area contributed by atoms with E-state index in [0.29, 0.717) is 32.0 Å². The number of carbonyl (C=O) groups excluding carboxylic acids is 2. The first-order chi connectivity index (χ1) is 14.4. The van der Waals surface area contributed by atoms with E-state index in [1.165, 1.54) is 25.7 Å². The van der Waals surface area contributed by atoms with Crippen LogP contribution in [0.5, 0.6) is 0 Å². The molecule has 0 radical (unpaired) electrons. The van der Waals surface area contributed by atoms with Gasteiger partial charge >= 0.3 is 12.3 Å². The van der Waals surface area contributed by atoms with Gasteiger partial charge in [0.1, 0.15) is 12.2 Å². The maximum Gasteiger partial charge on any atom is 0.508 e. The van der Waals surface area contributed by atoms with Gasteiger partial charge in [0.25, 0.3) is 0 Å². The molecule has 0 N–H and O–H groups in total. The fourth-order valence-corrected chi connectivity index (χ4v) is 3.64. The van der Waals surface area contributed by atoms with E-state index >= 15 is 0 Å². The summed E-state index contributed by atoms with van der Waals surface area (Å²) in [5.41, 5.74) is 0. The molecule has 0 heterocycles. The molecule has 176 valence electrons. The molecule has 1 saturated carbocycles. The molecule has 6 nitrogen and oxygen atoms in total. The zero-order valence-corrected chi connectivity index (χ0v) is 19.7. The van der Waals surface area contributed by atoms with Gasteiger partial charge in [-0.1, -0.05) is 59.8 Å². The molecule has 1 aliphatic rings. The molecular formula is C24H44O6. The van der Waals surface area contributed by atoms with Crippen molar-refractivity contribution in [2.24, 2.45) is 11.8 Å². The number of unbranched alkanes of at least 4 members (excludes halogenated alkanes) is 4. The molecule has 2 unspecified atom stereocenters. The molecule has 0 aromatic rings. The van der Waals surface area contributed by atoms with Gasteiger partial charge in [0, 0.05) is 0 Å². The Labute approximate surface area is 183 Å². The highest BCUT2D eigenvalue weighted by Gasteiger charge is 2.32. The molecular weight excluding hydrogens is 384 g/mol. The molecule has 0 saturated heterocycles. The molecule has 0 aliphatic heterocycles. The Bertz CT molecular complexity index is 463. The fourth-order valence-electron chi connectivity index (χ4n) is 3.64. The topological polar surface area (TPSA) is 71.1 Å². The van der Waals surface area contributed by atoms with E-state index in [4.69, 9.17) is 18.9 Å². The third-order valence-electron chi connectivity index (χ3n) is 5.43. The number of rotatable bonds is 14. The summed E-state index contributed by atoms with van der Waals surface area (Å²) in [4.78, 5) is 23.9. The minimum absolute atomic E-state index is 0.356. The summed E-state index contributed by atoms with van der Waals surface area (Å²) in [6.07, 6.45) is 9.67. The Kier molecular flexibility index (Phi) is 14.4. The highest BCUT2D eigenvalue weighted by molar-refractivity contribution is 5.61. The highest BCUT2D eigenvalue weighted by Crippen LogP contribution is 2.25. The second-order valence-corrected chi connectivity index (χ2v) is 9.28. The van der Waals surface area contributed by atoms with E-state index in [9.17, 15) is 9.59 Å². The van der Waals surface area contributed by atoms with Crippen molar-refractivity contribution >= 4 is 12.3 Å². The van der Waals surface area contributed by atoms with Crippen LogP contribution in [0.15, 0.2) is 0 Å². The van der Waals surface area contributed by atoms with Crippen LogP contribution >= 0.6 is 0 Å². The Morgan fingerprint density at radius 3 is 1.63 bits per heavy atom. The average molecular weight is 429 g/mol. The first-order valence-corrected chi connectivity index (χ1v) is 12.0. The molecule has 1 rings (SSSR count). The zero-order valence-electron chi connectivity index (χ0n) is 19.7. The summed E-state index contributed by atoms with van der Waals surface area (Å²) in [5.74, 6) is 1.35. The standard InChI is InChI=1S/C24H44O6/c1-19(2)13-8-6-5-7-11-17-27-23(25)29-21-15-9-10-16-22(21)30-24(26)28-18-12-14-20(3)4/h19-22H,5-18H2,1-4H3. The van der Waals surface area contributed by atoms with E-state index in [1.807, 2.05) is 0 Å². The van der Waals surface area contributed by atoms with Crippen molar-refractivity contribution in [3.8, 4) is 0 Å². The number of carbonyl (C=O) groups is 2. The van der Waals surface area contributed by atoms with Gasteiger partial charge in [0.15, 0.2) is 0 Å². The summed E-state index contributed by atoms with van der Waals surface area (Å²) in [5, 5.41) is 0. The van der Waals surface area contributed by atoms with Crippen LogP contribution in [-0.4, -0.2) is 37.7 Å². The Balaban J connectivity index is 2.17. The smallest absolute Gasteiger partial charge is 0.434 e. The molecule has 30 heavy (non-hydrogen) atoms. The summed E-state index contributed by atoms with van der Waals surface area (Å²) in [7, 11) is 0. The van der Waals surface area contributed by atoms with Crippen molar-refractivity contribution in [3.63, 3.8) is 0 Å². The Morgan fingerprint density at radius 2 is 1.10 bits per heavy atom. The summed E-state index contributed by atoms with van der Waals surface area (Å²) in [6, 6.07) is 0. The summed E-state index contributed by atoms with van der Waals surface area (Å²) < 4.78 is 21.2. The molecule has 6 heteroatoms. The van der Waals surface area contributed by atoms with E-state index in [0.717, 1.165) is 44.4 Å². The summed E-state index contributed by atoms with van der Waals surface area (Å²) >= 11 is 0. The Morgan fingerprint density at radius 1 is 0.667 bits per heavy atom. The first kappa shape index (κ1) is 26.6. The van der Waals surface area contributed by atoms with Crippen LogP contribution in [0.25, 0.3) is 0 Å². The minimum Gasteiger partial charge on any atom is -0.434 e. The van der Waals surface area contributed by atoms with Crippen LogP contribution < -0.4 is 0 Å². The second-order valence-electron chi connectivity index (χ2n) is 9.28. The van der Waals surface area contributed by atoms with Crippen molar-refractivity contribution in [1.82, 2.24) is 0 Å². The lowest BCUT2D eigenvalue weighted by atomic mass is 9.95. The van der Waals surface area contributed by atoms with Gasteiger partial charge < -0.3 is 18.9 Å². The third-order valence-corrected chi connectivity index (χ3v) is 5.43. The number of hydrogen-bond acceptors (Lipinski definition) is 6. The average Bonchev–Trinajstić information content (AvgIpc) is 2.68. The van der Waals surface area contributed by atoms with E-state index in [2.05, 4.69) is 27.7 Å². The lowest BCUT2D eigenvalue weighted by Crippen LogP contribution is -2.38. The van der Waals surface area contributed by atoms with Crippen molar-refractivity contribution in [2.75, 3.05) is 13.2 Å².